The minimum absolute atomic E-state index is 1.01. The highest BCUT2D eigenvalue weighted by Crippen LogP contribution is 2.31. The number of nitrogens with zero attached hydrogens (tertiary/aromatic N) is 4. The lowest BCUT2D eigenvalue weighted by Crippen LogP contribution is -2.44. The molecule has 4 heteroatoms. The second kappa shape index (κ2) is 5.97. The summed E-state index contributed by atoms with van der Waals surface area (Å²) in [5, 5.41) is 1.23. The number of rotatable bonds is 2. The molecule has 0 amide bonds. The third kappa shape index (κ3) is 2.78. The minimum Gasteiger partial charge on any atom is -0.368 e. The highest BCUT2D eigenvalue weighted by molar-refractivity contribution is 5.94. The van der Waals surface area contributed by atoms with Gasteiger partial charge in [0.1, 0.15) is 0 Å². The molecule has 0 radical (unpaired) electrons. The molecule has 1 aromatic carbocycles. The Kier molecular flexibility index (Phi) is 3.67. The molecule has 1 aliphatic heterocycles. The molecule has 0 bridgehead atoms. The summed E-state index contributed by atoms with van der Waals surface area (Å²) < 4.78 is 0. The summed E-state index contributed by atoms with van der Waals surface area (Å²) in [6, 6.07) is 14.7. The van der Waals surface area contributed by atoms with E-state index in [4.69, 9.17) is 4.98 Å². The van der Waals surface area contributed by atoms with Gasteiger partial charge in [-0.1, -0.05) is 18.2 Å². The third-order valence-electron chi connectivity index (χ3n) is 4.51. The van der Waals surface area contributed by atoms with Gasteiger partial charge in [-0.25, -0.2) is 4.98 Å². The van der Waals surface area contributed by atoms with Gasteiger partial charge in [-0.2, -0.15) is 0 Å². The molecular formula is C19H20N4. The van der Waals surface area contributed by atoms with Crippen LogP contribution in [0, 0.1) is 0 Å². The lowest BCUT2D eigenvalue weighted by atomic mass is 10.1. The maximum atomic E-state index is 4.85. The van der Waals surface area contributed by atoms with Gasteiger partial charge in [0.15, 0.2) is 0 Å². The molecule has 116 valence electrons. The third-order valence-corrected chi connectivity index (χ3v) is 4.51. The molecule has 0 N–H and O–H groups in total. The molecule has 4 rings (SSSR count). The molecule has 0 unspecified atom stereocenters. The Balaban J connectivity index is 1.84. The van der Waals surface area contributed by atoms with Crippen LogP contribution in [0.1, 0.15) is 0 Å². The maximum Gasteiger partial charge on any atom is 0.0731 e. The number of benzene rings is 1. The van der Waals surface area contributed by atoms with Crippen molar-refractivity contribution in [3.05, 3.63) is 54.9 Å². The molecule has 3 heterocycles. The monoisotopic (exact) mass is 304 g/mol. The van der Waals surface area contributed by atoms with Crippen molar-refractivity contribution in [2.45, 2.75) is 0 Å². The zero-order chi connectivity index (χ0) is 15.6. The van der Waals surface area contributed by atoms with E-state index in [1.807, 2.05) is 24.5 Å². The summed E-state index contributed by atoms with van der Waals surface area (Å²) in [5.74, 6) is 0. The van der Waals surface area contributed by atoms with Crippen molar-refractivity contribution in [3.63, 3.8) is 0 Å². The second-order valence-electron chi connectivity index (χ2n) is 6.07. The quantitative estimate of drug-likeness (QED) is 0.728. The van der Waals surface area contributed by atoms with Gasteiger partial charge in [-0.15, -0.1) is 0 Å². The van der Waals surface area contributed by atoms with Gasteiger partial charge in [-0.3, -0.25) is 4.98 Å². The smallest absolute Gasteiger partial charge is 0.0731 e. The standard InChI is InChI=1S/C19H20N4/c1-22-10-12-23(13-11-22)19-14-18(15-6-8-20-9-7-15)21-17-5-3-2-4-16(17)19/h2-9,14H,10-13H2,1H3. The van der Waals surface area contributed by atoms with Crippen molar-refractivity contribution in [1.82, 2.24) is 14.9 Å². The van der Waals surface area contributed by atoms with Crippen LogP contribution in [0.3, 0.4) is 0 Å². The van der Waals surface area contributed by atoms with E-state index >= 15 is 0 Å². The van der Waals surface area contributed by atoms with E-state index in [0.29, 0.717) is 0 Å². The zero-order valence-corrected chi connectivity index (χ0v) is 13.3. The van der Waals surface area contributed by atoms with Gasteiger partial charge in [0.05, 0.1) is 11.2 Å². The van der Waals surface area contributed by atoms with E-state index in [1.165, 1.54) is 11.1 Å². The van der Waals surface area contributed by atoms with Crippen LogP contribution in [0.4, 0.5) is 5.69 Å². The average Bonchev–Trinajstić information content (AvgIpc) is 2.62. The largest absolute Gasteiger partial charge is 0.368 e. The molecule has 0 atom stereocenters. The van der Waals surface area contributed by atoms with Crippen LogP contribution in [0.25, 0.3) is 22.2 Å². The van der Waals surface area contributed by atoms with E-state index in [9.17, 15) is 0 Å². The topological polar surface area (TPSA) is 32.3 Å². The van der Waals surface area contributed by atoms with Crippen LogP contribution in [0.15, 0.2) is 54.9 Å². The lowest BCUT2D eigenvalue weighted by molar-refractivity contribution is 0.313. The predicted octanol–water partition coefficient (Wildman–Crippen LogP) is 3.05. The summed E-state index contributed by atoms with van der Waals surface area (Å²) in [6.07, 6.45) is 3.64. The maximum absolute atomic E-state index is 4.85. The number of aromatic nitrogens is 2. The van der Waals surface area contributed by atoms with E-state index < -0.39 is 0 Å². The first-order valence-electron chi connectivity index (χ1n) is 8.05. The molecule has 1 saturated heterocycles. The van der Waals surface area contributed by atoms with Crippen LogP contribution in [-0.4, -0.2) is 48.1 Å². The van der Waals surface area contributed by atoms with Crippen LogP contribution >= 0.6 is 0 Å². The lowest BCUT2D eigenvalue weighted by Gasteiger charge is -2.34. The zero-order valence-electron chi connectivity index (χ0n) is 13.3. The Morgan fingerprint density at radius 3 is 2.43 bits per heavy atom. The van der Waals surface area contributed by atoms with Crippen LogP contribution in [0.2, 0.25) is 0 Å². The molecule has 23 heavy (non-hydrogen) atoms. The Bertz CT molecular complexity index is 808. The molecule has 1 aliphatic rings. The number of piperazine rings is 1. The van der Waals surface area contributed by atoms with Gasteiger partial charge in [0.2, 0.25) is 0 Å². The van der Waals surface area contributed by atoms with E-state index in [2.05, 4.69) is 52.2 Å². The molecule has 0 spiro atoms. The SMILES string of the molecule is CN1CCN(c2cc(-c3ccncc3)nc3ccccc23)CC1. The van der Waals surface area contributed by atoms with Gasteiger partial charge in [0.25, 0.3) is 0 Å². The van der Waals surface area contributed by atoms with Crippen molar-refractivity contribution in [1.29, 1.82) is 0 Å². The van der Waals surface area contributed by atoms with E-state index in [0.717, 1.165) is 43.0 Å². The van der Waals surface area contributed by atoms with Crippen molar-refractivity contribution >= 4 is 16.6 Å². The van der Waals surface area contributed by atoms with Crippen molar-refractivity contribution < 1.29 is 0 Å². The summed E-state index contributed by atoms with van der Waals surface area (Å²) in [4.78, 5) is 13.8. The van der Waals surface area contributed by atoms with Gasteiger partial charge in [0, 0.05) is 55.2 Å². The van der Waals surface area contributed by atoms with Crippen molar-refractivity contribution in [2.75, 3.05) is 38.1 Å². The number of hydrogen-bond donors (Lipinski definition) is 0. The van der Waals surface area contributed by atoms with Gasteiger partial charge < -0.3 is 9.80 Å². The molecule has 4 nitrogen and oxygen atoms in total. The van der Waals surface area contributed by atoms with Crippen LogP contribution in [-0.2, 0) is 0 Å². The highest BCUT2D eigenvalue weighted by Gasteiger charge is 2.18. The fraction of sp³-hybridized carbons (Fsp3) is 0.263. The summed E-state index contributed by atoms with van der Waals surface area (Å²) in [5.41, 5.74) is 4.47. The number of fused-ring (bicyclic) bond motifs is 1. The van der Waals surface area contributed by atoms with Crippen LogP contribution < -0.4 is 4.90 Å². The summed E-state index contributed by atoms with van der Waals surface area (Å²) >= 11 is 0. The number of hydrogen-bond acceptors (Lipinski definition) is 4. The molecule has 2 aromatic heterocycles. The fourth-order valence-electron chi connectivity index (χ4n) is 3.14. The average molecular weight is 304 g/mol. The van der Waals surface area contributed by atoms with Gasteiger partial charge >= 0.3 is 0 Å². The summed E-state index contributed by atoms with van der Waals surface area (Å²) in [6.45, 7) is 4.31. The summed E-state index contributed by atoms with van der Waals surface area (Å²) in [7, 11) is 2.18. The number of para-hydroxylation sites is 1. The van der Waals surface area contributed by atoms with Gasteiger partial charge in [-0.05, 0) is 31.3 Å². The van der Waals surface area contributed by atoms with Crippen LogP contribution in [0.5, 0.6) is 0 Å². The first-order valence-corrected chi connectivity index (χ1v) is 8.05. The normalized spacial score (nSPS) is 16.0. The Labute approximate surface area is 136 Å². The van der Waals surface area contributed by atoms with Crippen molar-refractivity contribution in [2.24, 2.45) is 0 Å². The number of likely N-dealkylation sites (N-methyl/N-ethyl adjacent to an activating group) is 1. The van der Waals surface area contributed by atoms with E-state index in [1.54, 1.807) is 0 Å². The molecule has 3 aromatic rings. The number of pyridine rings is 2. The first-order chi connectivity index (χ1) is 11.3. The first kappa shape index (κ1) is 14.2. The minimum atomic E-state index is 1.01. The Morgan fingerprint density at radius 2 is 1.65 bits per heavy atom. The second-order valence-corrected chi connectivity index (χ2v) is 6.07. The molecule has 0 saturated carbocycles. The molecular weight excluding hydrogens is 284 g/mol. The fourth-order valence-corrected chi connectivity index (χ4v) is 3.14. The highest BCUT2D eigenvalue weighted by atomic mass is 15.2. The Morgan fingerprint density at radius 1 is 0.913 bits per heavy atom. The molecule has 1 fully saturated rings. The van der Waals surface area contributed by atoms with E-state index in [-0.39, 0.29) is 0 Å². The van der Waals surface area contributed by atoms with Crippen molar-refractivity contribution in [3.8, 4) is 11.3 Å². The Hall–Kier alpha value is -2.46. The number of anilines is 1. The predicted molar refractivity (Wildman–Crippen MR) is 94.7 cm³/mol. The molecule has 0 aliphatic carbocycles.